The van der Waals surface area contributed by atoms with E-state index in [0.29, 0.717) is 0 Å². The lowest BCUT2D eigenvalue weighted by Crippen LogP contribution is -1.98. The van der Waals surface area contributed by atoms with Gasteiger partial charge in [-0.05, 0) is 55.5 Å². The van der Waals surface area contributed by atoms with E-state index in [2.05, 4.69) is 45.9 Å². The minimum absolute atomic E-state index is 1.05. The Morgan fingerprint density at radius 3 is 2.53 bits per heavy atom. The molecule has 0 spiro atoms. The van der Waals surface area contributed by atoms with Crippen LogP contribution in [0.1, 0.15) is 33.5 Å². The summed E-state index contributed by atoms with van der Waals surface area (Å²) in [6.07, 6.45) is 1.05. The van der Waals surface area contributed by atoms with Crippen molar-refractivity contribution in [3.8, 4) is 11.3 Å². The highest BCUT2D eigenvalue weighted by atomic mass is 14.7. The number of aryl methyl sites for hydroxylation is 2. The Bertz CT molecular complexity index is 624. The first-order chi connectivity index (χ1) is 8.09. The summed E-state index contributed by atoms with van der Waals surface area (Å²) in [5, 5.41) is 0. The lowest BCUT2D eigenvalue weighted by molar-refractivity contribution is 1.09. The minimum Gasteiger partial charge on any atom is -0.253 e. The van der Waals surface area contributed by atoms with Gasteiger partial charge in [-0.2, -0.15) is 0 Å². The lowest BCUT2D eigenvalue weighted by atomic mass is 10.0. The third kappa shape index (κ3) is 1.35. The number of aromatic nitrogens is 1. The molecule has 17 heavy (non-hydrogen) atoms. The maximum absolute atomic E-state index is 4.82. The zero-order chi connectivity index (χ0) is 12.2. The Kier molecular flexibility index (Phi) is 2.12. The molecule has 0 bridgehead atoms. The molecular weight excluding hydrogens is 206 g/mol. The molecule has 0 saturated carbocycles. The second kappa shape index (κ2) is 3.43. The second-order valence-electron chi connectivity index (χ2n) is 5.06. The number of nitrogens with zero attached hydrogens (tertiary/aromatic N) is 1. The van der Waals surface area contributed by atoms with Crippen molar-refractivity contribution < 1.29 is 0 Å². The number of hydrogen-bond donors (Lipinski definition) is 0. The molecule has 1 nitrogen and oxygen atoms in total. The van der Waals surface area contributed by atoms with Crippen LogP contribution in [-0.2, 0) is 6.42 Å². The van der Waals surface area contributed by atoms with E-state index in [1.165, 1.54) is 39.1 Å². The largest absolute Gasteiger partial charge is 0.253 e. The van der Waals surface area contributed by atoms with Crippen molar-refractivity contribution in [3.05, 3.63) is 51.7 Å². The van der Waals surface area contributed by atoms with E-state index in [0.717, 1.165) is 12.1 Å². The minimum atomic E-state index is 1.05. The van der Waals surface area contributed by atoms with E-state index in [9.17, 15) is 0 Å². The summed E-state index contributed by atoms with van der Waals surface area (Å²) in [7, 11) is 0. The molecule has 0 atom stereocenters. The van der Waals surface area contributed by atoms with Gasteiger partial charge in [-0.25, -0.2) is 0 Å². The molecule has 0 aliphatic heterocycles. The summed E-state index contributed by atoms with van der Waals surface area (Å²) in [4.78, 5) is 4.82. The number of rotatable bonds is 0. The van der Waals surface area contributed by atoms with Gasteiger partial charge >= 0.3 is 0 Å². The number of pyridine rings is 1. The fourth-order valence-corrected chi connectivity index (χ4v) is 2.82. The van der Waals surface area contributed by atoms with Gasteiger partial charge in [-0.3, -0.25) is 4.98 Å². The van der Waals surface area contributed by atoms with Crippen LogP contribution in [-0.4, -0.2) is 4.98 Å². The Morgan fingerprint density at radius 2 is 1.76 bits per heavy atom. The molecular formula is C16H17N. The summed E-state index contributed by atoms with van der Waals surface area (Å²) in [6, 6.07) is 6.56. The number of benzene rings is 1. The molecule has 0 radical (unpaired) electrons. The maximum Gasteiger partial charge on any atom is 0.0748 e. The van der Waals surface area contributed by atoms with Gasteiger partial charge in [0, 0.05) is 17.7 Å². The molecule has 1 aromatic heterocycles. The fraction of sp³-hybridized carbons (Fsp3) is 0.312. The molecule has 1 aliphatic rings. The predicted molar refractivity (Wildman–Crippen MR) is 71.4 cm³/mol. The number of hydrogen-bond acceptors (Lipinski definition) is 1. The molecule has 1 heterocycles. The van der Waals surface area contributed by atoms with Crippen LogP contribution >= 0.6 is 0 Å². The molecule has 1 heteroatoms. The quantitative estimate of drug-likeness (QED) is 0.563. The highest BCUT2D eigenvalue weighted by Crippen LogP contribution is 2.39. The van der Waals surface area contributed by atoms with Crippen LogP contribution < -0.4 is 0 Å². The number of fused-ring (bicyclic) bond motifs is 3. The van der Waals surface area contributed by atoms with E-state index in [4.69, 9.17) is 4.98 Å². The molecule has 0 N–H and O–H groups in total. The smallest absolute Gasteiger partial charge is 0.0748 e. The van der Waals surface area contributed by atoms with Crippen LogP contribution in [0.15, 0.2) is 18.2 Å². The van der Waals surface area contributed by atoms with Gasteiger partial charge in [0.25, 0.3) is 0 Å². The molecule has 0 unspecified atom stereocenters. The zero-order valence-electron chi connectivity index (χ0n) is 10.9. The fourth-order valence-electron chi connectivity index (χ4n) is 2.82. The van der Waals surface area contributed by atoms with Crippen LogP contribution in [0.3, 0.4) is 0 Å². The molecule has 2 aromatic rings. The highest BCUT2D eigenvalue weighted by molar-refractivity contribution is 5.78. The maximum atomic E-state index is 4.82. The molecule has 1 aromatic carbocycles. The Balaban J connectivity index is 2.37. The van der Waals surface area contributed by atoms with Gasteiger partial charge in [0.05, 0.1) is 5.69 Å². The SMILES string of the molecule is Cc1cccc2c1-c1nc(C)c(C)c(C)c1C2. The molecule has 0 fully saturated rings. The van der Waals surface area contributed by atoms with Crippen molar-refractivity contribution in [2.24, 2.45) is 0 Å². The van der Waals surface area contributed by atoms with Crippen LogP contribution in [0.25, 0.3) is 11.3 Å². The summed E-state index contributed by atoms with van der Waals surface area (Å²) >= 11 is 0. The average molecular weight is 223 g/mol. The third-order valence-electron chi connectivity index (χ3n) is 4.09. The molecule has 0 saturated heterocycles. The van der Waals surface area contributed by atoms with Gasteiger partial charge in [-0.1, -0.05) is 18.2 Å². The van der Waals surface area contributed by atoms with Gasteiger partial charge in [-0.15, -0.1) is 0 Å². The van der Waals surface area contributed by atoms with Gasteiger partial charge in [0.2, 0.25) is 0 Å². The van der Waals surface area contributed by atoms with Gasteiger partial charge < -0.3 is 0 Å². The summed E-state index contributed by atoms with van der Waals surface area (Å²) in [6.45, 7) is 8.69. The summed E-state index contributed by atoms with van der Waals surface area (Å²) in [5.41, 5.74) is 10.7. The first-order valence-corrected chi connectivity index (χ1v) is 6.15. The summed E-state index contributed by atoms with van der Waals surface area (Å²) < 4.78 is 0. The Morgan fingerprint density at radius 1 is 1.00 bits per heavy atom. The van der Waals surface area contributed by atoms with Crippen molar-refractivity contribution in [1.29, 1.82) is 0 Å². The molecule has 3 rings (SSSR count). The van der Waals surface area contributed by atoms with Gasteiger partial charge in [0.1, 0.15) is 0 Å². The third-order valence-corrected chi connectivity index (χ3v) is 4.09. The van der Waals surface area contributed by atoms with Crippen LogP contribution in [0, 0.1) is 27.7 Å². The standard InChI is InChI=1S/C16H17N/c1-9-6-5-7-13-8-14-11(3)10(2)12(4)17-16(14)15(9)13/h5-7H,8H2,1-4H3. The van der Waals surface area contributed by atoms with Crippen molar-refractivity contribution in [1.82, 2.24) is 4.98 Å². The Hall–Kier alpha value is -1.63. The van der Waals surface area contributed by atoms with E-state index in [1.807, 2.05) is 0 Å². The van der Waals surface area contributed by atoms with Crippen molar-refractivity contribution in [3.63, 3.8) is 0 Å². The van der Waals surface area contributed by atoms with Crippen LogP contribution in [0.2, 0.25) is 0 Å². The van der Waals surface area contributed by atoms with Crippen molar-refractivity contribution >= 4 is 0 Å². The monoisotopic (exact) mass is 223 g/mol. The van der Waals surface area contributed by atoms with E-state index in [1.54, 1.807) is 0 Å². The van der Waals surface area contributed by atoms with Crippen molar-refractivity contribution in [2.75, 3.05) is 0 Å². The average Bonchev–Trinajstić information content (AvgIpc) is 2.66. The molecule has 0 amide bonds. The van der Waals surface area contributed by atoms with Crippen LogP contribution in [0.5, 0.6) is 0 Å². The topological polar surface area (TPSA) is 12.9 Å². The highest BCUT2D eigenvalue weighted by Gasteiger charge is 2.24. The predicted octanol–water partition coefficient (Wildman–Crippen LogP) is 3.89. The zero-order valence-corrected chi connectivity index (χ0v) is 10.9. The molecule has 1 aliphatic carbocycles. The van der Waals surface area contributed by atoms with Crippen molar-refractivity contribution in [2.45, 2.75) is 34.1 Å². The second-order valence-corrected chi connectivity index (χ2v) is 5.06. The lowest BCUT2D eigenvalue weighted by Gasteiger charge is -2.10. The van der Waals surface area contributed by atoms with E-state index in [-0.39, 0.29) is 0 Å². The van der Waals surface area contributed by atoms with Gasteiger partial charge in [0.15, 0.2) is 0 Å². The first kappa shape index (κ1) is 10.5. The molecule has 86 valence electrons. The van der Waals surface area contributed by atoms with E-state index >= 15 is 0 Å². The normalized spacial score (nSPS) is 12.5. The van der Waals surface area contributed by atoms with E-state index < -0.39 is 0 Å². The first-order valence-electron chi connectivity index (χ1n) is 6.15. The van der Waals surface area contributed by atoms with Crippen LogP contribution in [0.4, 0.5) is 0 Å². The summed E-state index contributed by atoms with van der Waals surface area (Å²) in [5.74, 6) is 0. The Labute approximate surface area is 103 Å².